The summed E-state index contributed by atoms with van der Waals surface area (Å²) in [5.74, 6) is -0.116. The van der Waals surface area contributed by atoms with Crippen molar-refractivity contribution in [3.05, 3.63) is 89.5 Å². The first-order chi connectivity index (χ1) is 18.0. The molecule has 3 aromatic carbocycles. The molecule has 0 aliphatic carbocycles. The van der Waals surface area contributed by atoms with Crippen LogP contribution in [-0.2, 0) is 19.0 Å². The van der Waals surface area contributed by atoms with Gasteiger partial charge in [-0.05, 0) is 31.5 Å². The molecule has 2 N–H and O–H groups in total. The zero-order valence-corrected chi connectivity index (χ0v) is 23.3. The summed E-state index contributed by atoms with van der Waals surface area (Å²) in [7, 11) is -0.355. The monoisotopic (exact) mass is 607 g/mol. The van der Waals surface area contributed by atoms with Crippen molar-refractivity contribution in [3.8, 4) is 0 Å². The second-order valence-corrected chi connectivity index (χ2v) is 14.6. The fourth-order valence-corrected chi connectivity index (χ4v) is 7.34. The van der Waals surface area contributed by atoms with Gasteiger partial charge in [-0.15, -0.1) is 0 Å². The molecule has 2 saturated heterocycles. The van der Waals surface area contributed by atoms with Gasteiger partial charge < -0.3 is 0 Å². The molecule has 3 aliphatic rings. The second kappa shape index (κ2) is 10.6. The molecule has 1 amide bonds. The Hall–Kier alpha value is -2.66. The minimum absolute atomic E-state index is 0.116. The Morgan fingerprint density at radius 3 is 2.54 bits per heavy atom. The summed E-state index contributed by atoms with van der Waals surface area (Å²) in [5.41, 5.74) is 7.26. The number of nitrogens with zero attached hydrogens (tertiary/aromatic N) is 1. The van der Waals surface area contributed by atoms with Crippen LogP contribution in [0.25, 0.3) is 11.3 Å². The van der Waals surface area contributed by atoms with Gasteiger partial charge >= 0.3 is 184 Å². The Labute approximate surface area is 226 Å². The van der Waals surface area contributed by atoms with Crippen molar-refractivity contribution in [1.29, 1.82) is 0 Å². The van der Waals surface area contributed by atoms with Crippen LogP contribution in [0.15, 0.2) is 72.8 Å². The van der Waals surface area contributed by atoms with Gasteiger partial charge in [0.2, 0.25) is 0 Å². The fraction of sp³-hybridized carbons (Fsp3) is 0.276. The molecule has 0 radical (unpaired) electrons. The molecule has 1 atom stereocenters. The number of nitrogens with one attached hydrogen (secondary N) is 2. The van der Waals surface area contributed by atoms with E-state index in [1.807, 2.05) is 48.5 Å². The van der Waals surface area contributed by atoms with Crippen LogP contribution in [0.4, 0.5) is 11.4 Å². The Kier molecular flexibility index (Phi) is 7.07. The van der Waals surface area contributed by atoms with Gasteiger partial charge in [-0.25, -0.2) is 0 Å². The first kappa shape index (κ1) is 24.7. The number of carbonyl (C=O) groups is 1. The average molecular weight is 607 g/mol. The van der Waals surface area contributed by atoms with Gasteiger partial charge in [-0.2, -0.15) is 0 Å². The average Bonchev–Trinajstić information content (AvgIpc) is 3.63. The number of halogens is 1. The molecule has 6 rings (SSSR count). The van der Waals surface area contributed by atoms with Crippen molar-refractivity contribution < 1.29 is 12.4 Å². The van der Waals surface area contributed by atoms with E-state index >= 15 is 0 Å². The van der Waals surface area contributed by atoms with E-state index in [0.717, 1.165) is 40.2 Å². The minimum atomic E-state index is -1.54. The van der Waals surface area contributed by atoms with E-state index in [9.17, 15) is 4.79 Å². The van der Waals surface area contributed by atoms with E-state index in [2.05, 4.69) is 51.7 Å². The van der Waals surface area contributed by atoms with Crippen molar-refractivity contribution in [3.63, 3.8) is 0 Å². The summed E-state index contributed by atoms with van der Waals surface area (Å²) >= 11 is -1.54. The van der Waals surface area contributed by atoms with Crippen LogP contribution in [0, 0.1) is 0 Å². The molecule has 8 heteroatoms. The molecule has 6 nitrogen and oxygen atoms in total. The molecule has 1 unspecified atom stereocenters. The summed E-state index contributed by atoms with van der Waals surface area (Å²) in [6.45, 7) is 5.43. The van der Waals surface area contributed by atoms with Crippen molar-refractivity contribution in [1.82, 2.24) is 4.90 Å². The quantitative estimate of drug-likeness (QED) is 0.171. The summed E-state index contributed by atoms with van der Waals surface area (Å²) < 4.78 is 12.3. The summed E-state index contributed by atoms with van der Waals surface area (Å²) in [6, 6.07) is 24.6. The van der Waals surface area contributed by atoms with Crippen LogP contribution in [-0.4, -0.2) is 40.1 Å². The third kappa shape index (κ3) is 5.20. The number of fused-ring (bicyclic) bond motifs is 1. The van der Waals surface area contributed by atoms with E-state index in [1.165, 1.54) is 31.5 Å². The molecule has 2 fully saturated rings. The van der Waals surface area contributed by atoms with E-state index < -0.39 is 20.2 Å². The van der Waals surface area contributed by atoms with Crippen LogP contribution in [0.1, 0.15) is 36.5 Å². The molecule has 37 heavy (non-hydrogen) atoms. The second-order valence-electron chi connectivity index (χ2n) is 9.74. The van der Waals surface area contributed by atoms with Crippen LogP contribution >= 0.6 is 20.2 Å². The maximum absolute atomic E-state index is 13.4. The van der Waals surface area contributed by atoms with Gasteiger partial charge in [0, 0.05) is 6.54 Å². The molecule has 0 bridgehead atoms. The van der Waals surface area contributed by atoms with Gasteiger partial charge in [0.15, 0.2) is 0 Å². The fourth-order valence-electron chi connectivity index (χ4n) is 5.10. The van der Waals surface area contributed by atoms with Crippen LogP contribution in [0.5, 0.6) is 0 Å². The van der Waals surface area contributed by atoms with Crippen LogP contribution in [0.3, 0.4) is 0 Å². The first-order valence-electron chi connectivity index (χ1n) is 12.8. The van der Waals surface area contributed by atoms with Crippen molar-refractivity contribution in [2.45, 2.75) is 30.4 Å². The number of hydrogen-bond donors (Lipinski definition) is 2. The van der Waals surface area contributed by atoms with E-state index in [0.29, 0.717) is 5.57 Å². The number of anilines is 2. The number of rotatable bonds is 6. The van der Waals surface area contributed by atoms with Gasteiger partial charge in [-0.3, -0.25) is 4.90 Å². The summed E-state index contributed by atoms with van der Waals surface area (Å²) in [4.78, 5) is 18.0. The van der Waals surface area contributed by atoms with Gasteiger partial charge in [0.05, 0.1) is 0 Å². The van der Waals surface area contributed by atoms with Crippen molar-refractivity contribution in [2.24, 2.45) is 0 Å². The number of likely N-dealkylation sites (tertiary alicyclic amines) is 1. The molecule has 190 valence electrons. The van der Waals surface area contributed by atoms with Gasteiger partial charge in [0.25, 0.3) is 0 Å². The molecule has 3 aliphatic heterocycles. The Bertz CT molecular complexity index is 1320. The first-order valence-corrected chi connectivity index (χ1v) is 17.1. The standard InChI is InChI=1S/C29H31BIN3O3/c1-20-31(2)37-30(36-20)23-12-15-25-26(18-23)33-29(35)27(25)28(22-8-4-3-5-9-22)32-24-13-10-21(11-14-24)19-34-16-6-7-17-34/h3-5,8-15,18,20,32H,6-7,16-17,19H2,1-2H3,(H,33,35)/b28-27-. The summed E-state index contributed by atoms with van der Waals surface area (Å²) in [5, 5.41) is 6.65. The van der Waals surface area contributed by atoms with Gasteiger partial charge in [-0.1, -0.05) is 0 Å². The Balaban J connectivity index is 1.32. The van der Waals surface area contributed by atoms with Crippen LogP contribution in [0.2, 0.25) is 0 Å². The molecule has 3 heterocycles. The number of amides is 1. The topological polar surface area (TPSA) is 62.8 Å². The number of hydrogen-bond acceptors (Lipinski definition) is 5. The molecular weight excluding hydrogens is 576 g/mol. The number of alkyl halides is 2. The zero-order chi connectivity index (χ0) is 25.4. The predicted octanol–water partition coefficient (Wildman–Crippen LogP) is 5.35. The van der Waals surface area contributed by atoms with E-state index in [-0.39, 0.29) is 17.1 Å². The molecule has 0 spiro atoms. The number of carbonyl (C=O) groups excluding carboxylic acids is 1. The molecule has 0 aromatic heterocycles. The molecular formula is C29H31BIN3O3. The molecule has 3 aromatic rings. The Morgan fingerprint density at radius 2 is 1.84 bits per heavy atom. The van der Waals surface area contributed by atoms with E-state index in [4.69, 9.17) is 7.64 Å². The summed E-state index contributed by atoms with van der Waals surface area (Å²) in [6.07, 6.45) is 2.58. The number of benzene rings is 3. The third-order valence-electron chi connectivity index (χ3n) is 7.17. The Morgan fingerprint density at radius 1 is 1.08 bits per heavy atom. The van der Waals surface area contributed by atoms with Crippen molar-refractivity contribution >= 4 is 61.4 Å². The predicted molar refractivity (Wildman–Crippen MR) is 160 cm³/mol. The normalized spacial score (nSPS) is 21.8. The third-order valence-corrected chi connectivity index (χ3v) is 11.2. The van der Waals surface area contributed by atoms with Crippen LogP contribution < -0.4 is 16.1 Å². The molecule has 0 saturated carbocycles. The van der Waals surface area contributed by atoms with E-state index in [1.54, 1.807) is 0 Å². The van der Waals surface area contributed by atoms with Crippen molar-refractivity contribution in [2.75, 3.05) is 28.7 Å². The zero-order valence-electron chi connectivity index (χ0n) is 21.2. The maximum atomic E-state index is 13.4. The SMILES string of the molecule is CC1OB(c2ccc3c(c2)NC(=O)/C3=C(\Nc2ccc(CN3CCCC3)cc2)c2ccccc2)OI1C. The van der Waals surface area contributed by atoms with Gasteiger partial charge in [0.1, 0.15) is 0 Å².